The number of carbonyl (C=O) groups is 2. The largest absolute Gasteiger partial charge is 0.497 e. The van der Waals surface area contributed by atoms with Crippen molar-refractivity contribution in [3.8, 4) is 11.5 Å². The van der Waals surface area contributed by atoms with Crippen LogP contribution in [0.5, 0.6) is 11.5 Å². The van der Waals surface area contributed by atoms with Gasteiger partial charge in [-0.2, -0.15) is 0 Å². The summed E-state index contributed by atoms with van der Waals surface area (Å²) in [4.78, 5) is 24.1. The molecule has 166 valence electrons. The van der Waals surface area contributed by atoms with Gasteiger partial charge in [0.25, 0.3) is 5.91 Å². The van der Waals surface area contributed by atoms with Crippen molar-refractivity contribution in [2.24, 2.45) is 5.92 Å². The van der Waals surface area contributed by atoms with Crippen LogP contribution in [0.25, 0.3) is 6.08 Å². The molecule has 0 bridgehead atoms. The SMILES string of the molecule is COc1ccc(OC)c(/C=C/C(=O)OCC(=O)N[C@@H](C)c2ccc(CC(C)C)cc2)c1. The highest BCUT2D eigenvalue weighted by molar-refractivity contribution is 5.89. The summed E-state index contributed by atoms with van der Waals surface area (Å²) < 4.78 is 15.5. The Kier molecular flexibility index (Phi) is 9.13. The van der Waals surface area contributed by atoms with Gasteiger partial charge in [0.1, 0.15) is 11.5 Å². The van der Waals surface area contributed by atoms with Crippen LogP contribution in [0.1, 0.15) is 43.5 Å². The normalized spacial score (nSPS) is 11.9. The van der Waals surface area contributed by atoms with E-state index < -0.39 is 5.97 Å². The Hall–Kier alpha value is -3.28. The molecule has 0 radical (unpaired) electrons. The fourth-order valence-corrected chi connectivity index (χ4v) is 3.09. The maximum Gasteiger partial charge on any atom is 0.331 e. The second-order valence-corrected chi connectivity index (χ2v) is 7.68. The van der Waals surface area contributed by atoms with Gasteiger partial charge in [-0.05, 0) is 54.7 Å². The molecule has 31 heavy (non-hydrogen) atoms. The van der Waals surface area contributed by atoms with Crippen molar-refractivity contribution in [1.82, 2.24) is 5.32 Å². The van der Waals surface area contributed by atoms with Crippen molar-refractivity contribution in [3.63, 3.8) is 0 Å². The van der Waals surface area contributed by atoms with E-state index in [1.807, 2.05) is 19.1 Å². The first-order chi connectivity index (χ1) is 14.8. The van der Waals surface area contributed by atoms with Gasteiger partial charge in [0.15, 0.2) is 6.61 Å². The van der Waals surface area contributed by atoms with Gasteiger partial charge in [0, 0.05) is 11.6 Å². The molecule has 0 aliphatic rings. The van der Waals surface area contributed by atoms with E-state index >= 15 is 0 Å². The fourth-order valence-electron chi connectivity index (χ4n) is 3.09. The minimum Gasteiger partial charge on any atom is -0.497 e. The van der Waals surface area contributed by atoms with Crippen LogP contribution in [0, 0.1) is 5.92 Å². The van der Waals surface area contributed by atoms with E-state index in [0.717, 1.165) is 12.0 Å². The molecular formula is C25H31NO5. The Morgan fingerprint density at radius 2 is 1.71 bits per heavy atom. The van der Waals surface area contributed by atoms with Crippen LogP contribution >= 0.6 is 0 Å². The monoisotopic (exact) mass is 425 g/mol. The average molecular weight is 426 g/mol. The number of hydrogen-bond donors (Lipinski definition) is 1. The zero-order chi connectivity index (χ0) is 22.8. The van der Waals surface area contributed by atoms with Gasteiger partial charge in [-0.25, -0.2) is 4.79 Å². The van der Waals surface area contributed by atoms with E-state index in [2.05, 4.69) is 31.3 Å². The smallest absolute Gasteiger partial charge is 0.331 e. The summed E-state index contributed by atoms with van der Waals surface area (Å²) >= 11 is 0. The molecule has 0 saturated carbocycles. The van der Waals surface area contributed by atoms with Crippen molar-refractivity contribution in [2.45, 2.75) is 33.2 Å². The number of esters is 1. The van der Waals surface area contributed by atoms with Gasteiger partial charge in [0.05, 0.1) is 20.3 Å². The average Bonchev–Trinajstić information content (AvgIpc) is 2.76. The number of amides is 1. The van der Waals surface area contributed by atoms with E-state index in [1.165, 1.54) is 11.6 Å². The van der Waals surface area contributed by atoms with Crippen LogP contribution in [-0.2, 0) is 20.7 Å². The molecule has 0 fully saturated rings. The molecule has 0 saturated heterocycles. The summed E-state index contributed by atoms with van der Waals surface area (Å²) in [6.45, 7) is 5.90. The van der Waals surface area contributed by atoms with Crippen molar-refractivity contribution < 1.29 is 23.8 Å². The third-order valence-corrected chi connectivity index (χ3v) is 4.68. The zero-order valence-electron chi connectivity index (χ0n) is 18.8. The van der Waals surface area contributed by atoms with Gasteiger partial charge in [0.2, 0.25) is 0 Å². The molecule has 0 heterocycles. The molecule has 6 nitrogen and oxygen atoms in total. The number of ether oxygens (including phenoxy) is 3. The quantitative estimate of drug-likeness (QED) is 0.453. The third kappa shape index (κ3) is 7.81. The lowest BCUT2D eigenvalue weighted by Gasteiger charge is -2.15. The summed E-state index contributed by atoms with van der Waals surface area (Å²) in [5, 5.41) is 2.84. The highest BCUT2D eigenvalue weighted by atomic mass is 16.5. The molecule has 0 aliphatic heterocycles. The Bertz CT molecular complexity index is 903. The van der Waals surface area contributed by atoms with E-state index in [-0.39, 0.29) is 18.6 Å². The summed E-state index contributed by atoms with van der Waals surface area (Å²) in [6, 6.07) is 13.2. The first-order valence-electron chi connectivity index (χ1n) is 10.3. The summed E-state index contributed by atoms with van der Waals surface area (Å²) in [6.07, 6.45) is 3.83. The van der Waals surface area contributed by atoms with Crippen molar-refractivity contribution in [2.75, 3.05) is 20.8 Å². The number of rotatable bonds is 10. The molecule has 2 aromatic rings. The van der Waals surface area contributed by atoms with Crippen LogP contribution < -0.4 is 14.8 Å². The molecule has 1 amide bonds. The molecule has 0 unspecified atom stereocenters. The van der Waals surface area contributed by atoms with Crippen LogP contribution in [0.4, 0.5) is 0 Å². The number of carbonyl (C=O) groups excluding carboxylic acids is 2. The highest BCUT2D eigenvalue weighted by Gasteiger charge is 2.12. The van der Waals surface area contributed by atoms with Gasteiger partial charge in [-0.15, -0.1) is 0 Å². The molecule has 6 heteroatoms. The van der Waals surface area contributed by atoms with Gasteiger partial charge in [-0.3, -0.25) is 4.79 Å². The Morgan fingerprint density at radius 1 is 1.00 bits per heavy atom. The molecule has 2 rings (SSSR count). The van der Waals surface area contributed by atoms with Crippen LogP contribution in [-0.4, -0.2) is 32.7 Å². The van der Waals surface area contributed by atoms with Crippen molar-refractivity contribution in [1.29, 1.82) is 0 Å². The van der Waals surface area contributed by atoms with E-state index in [4.69, 9.17) is 14.2 Å². The molecule has 0 aromatic heterocycles. The summed E-state index contributed by atoms with van der Waals surface area (Å²) in [5.74, 6) is 0.845. The number of nitrogens with one attached hydrogen (secondary N) is 1. The fraction of sp³-hybridized carbons (Fsp3) is 0.360. The summed E-state index contributed by atoms with van der Waals surface area (Å²) in [7, 11) is 3.10. The molecule has 0 spiro atoms. The standard InChI is InChI=1S/C25H31NO5/c1-17(2)14-19-6-8-20(9-7-19)18(3)26-24(27)16-31-25(28)13-10-21-15-22(29-4)11-12-23(21)30-5/h6-13,15,17-18H,14,16H2,1-5H3,(H,26,27)/b13-10+/t18-/m0/s1. The lowest BCUT2D eigenvalue weighted by Crippen LogP contribution is -2.30. The van der Waals surface area contributed by atoms with Crippen LogP contribution in [0.15, 0.2) is 48.5 Å². The van der Waals surface area contributed by atoms with Gasteiger partial charge >= 0.3 is 5.97 Å². The lowest BCUT2D eigenvalue weighted by molar-refractivity contribution is -0.144. The number of methoxy groups -OCH3 is 2. The highest BCUT2D eigenvalue weighted by Crippen LogP contribution is 2.25. The second kappa shape index (κ2) is 11.8. The maximum atomic E-state index is 12.2. The number of benzene rings is 2. The third-order valence-electron chi connectivity index (χ3n) is 4.68. The lowest BCUT2D eigenvalue weighted by atomic mass is 10.00. The van der Waals surface area contributed by atoms with E-state index in [1.54, 1.807) is 38.5 Å². The molecule has 2 aromatic carbocycles. The van der Waals surface area contributed by atoms with Crippen LogP contribution in [0.2, 0.25) is 0 Å². The van der Waals surface area contributed by atoms with Crippen molar-refractivity contribution >= 4 is 18.0 Å². The van der Waals surface area contributed by atoms with E-state index in [9.17, 15) is 9.59 Å². The predicted octanol–water partition coefficient (Wildman–Crippen LogP) is 4.34. The van der Waals surface area contributed by atoms with Gasteiger partial charge < -0.3 is 19.5 Å². The van der Waals surface area contributed by atoms with E-state index in [0.29, 0.717) is 23.0 Å². The maximum absolute atomic E-state index is 12.2. The predicted molar refractivity (Wildman–Crippen MR) is 121 cm³/mol. The molecular weight excluding hydrogens is 394 g/mol. The Balaban J connectivity index is 1.85. The minimum absolute atomic E-state index is 0.184. The van der Waals surface area contributed by atoms with Crippen LogP contribution in [0.3, 0.4) is 0 Å². The first kappa shape index (κ1) is 24.0. The Labute approximate surface area is 184 Å². The van der Waals surface area contributed by atoms with Gasteiger partial charge in [-0.1, -0.05) is 38.1 Å². The zero-order valence-corrected chi connectivity index (χ0v) is 18.8. The summed E-state index contributed by atoms with van der Waals surface area (Å²) in [5.41, 5.74) is 2.93. The Morgan fingerprint density at radius 3 is 2.32 bits per heavy atom. The number of hydrogen-bond acceptors (Lipinski definition) is 5. The first-order valence-corrected chi connectivity index (χ1v) is 10.3. The molecule has 0 aliphatic carbocycles. The molecule has 1 N–H and O–H groups in total. The second-order valence-electron chi connectivity index (χ2n) is 7.68. The minimum atomic E-state index is -0.620. The topological polar surface area (TPSA) is 73.9 Å². The molecule has 1 atom stereocenters. The van der Waals surface area contributed by atoms with Crippen molar-refractivity contribution in [3.05, 3.63) is 65.2 Å².